The SMILES string of the molecule is NC1CCN(C(=O)c2cn[nH]c2-c2ccc(F)c(Cl)c2)C1. The Morgan fingerprint density at radius 2 is 2.33 bits per heavy atom. The van der Waals surface area contributed by atoms with Gasteiger partial charge >= 0.3 is 0 Å². The lowest BCUT2D eigenvalue weighted by Gasteiger charge is -2.15. The molecule has 0 spiro atoms. The van der Waals surface area contributed by atoms with E-state index in [0.29, 0.717) is 29.9 Å². The topological polar surface area (TPSA) is 75.0 Å². The van der Waals surface area contributed by atoms with Gasteiger partial charge in [-0.3, -0.25) is 9.89 Å². The van der Waals surface area contributed by atoms with Crippen molar-refractivity contribution in [1.82, 2.24) is 15.1 Å². The number of nitrogens with two attached hydrogens (primary N) is 1. The molecule has 0 bridgehead atoms. The molecule has 110 valence electrons. The van der Waals surface area contributed by atoms with E-state index in [1.54, 1.807) is 11.0 Å². The standard InChI is InChI=1S/C14H14ClFN4O/c15-11-5-8(1-2-12(11)16)13-10(6-18-19-13)14(21)20-4-3-9(17)7-20/h1-2,5-6,9H,3-4,7,17H2,(H,18,19). The number of aromatic nitrogens is 2. The monoisotopic (exact) mass is 308 g/mol. The van der Waals surface area contributed by atoms with E-state index in [1.807, 2.05) is 0 Å². The Morgan fingerprint density at radius 1 is 1.52 bits per heavy atom. The Kier molecular flexibility index (Phi) is 3.65. The first kappa shape index (κ1) is 14.0. The number of benzene rings is 1. The van der Waals surface area contributed by atoms with Gasteiger partial charge in [0.15, 0.2) is 0 Å². The molecule has 1 aromatic carbocycles. The van der Waals surface area contributed by atoms with E-state index in [-0.39, 0.29) is 17.0 Å². The van der Waals surface area contributed by atoms with Crippen LogP contribution in [-0.4, -0.2) is 40.1 Å². The highest BCUT2D eigenvalue weighted by atomic mass is 35.5. The van der Waals surface area contributed by atoms with Gasteiger partial charge in [-0.2, -0.15) is 5.10 Å². The first-order valence-electron chi connectivity index (χ1n) is 6.60. The van der Waals surface area contributed by atoms with E-state index in [0.717, 1.165) is 6.42 Å². The van der Waals surface area contributed by atoms with E-state index in [1.165, 1.54) is 18.3 Å². The summed E-state index contributed by atoms with van der Waals surface area (Å²) in [6.45, 7) is 1.17. The molecule has 1 amide bonds. The van der Waals surface area contributed by atoms with Gasteiger partial charge in [0.2, 0.25) is 0 Å². The summed E-state index contributed by atoms with van der Waals surface area (Å²) in [5.74, 6) is -0.634. The van der Waals surface area contributed by atoms with Gasteiger partial charge in [0.25, 0.3) is 5.91 Å². The van der Waals surface area contributed by atoms with E-state index < -0.39 is 5.82 Å². The van der Waals surface area contributed by atoms with Crippen LogP contribution in [0.4, 0.5) is 4.39 Å². The number of aromatic amines is 1. The maximum absolute atomic E-state index is 13.2. The molecule has 0 aliphatic carbocycles. The van der Waals surface area contributed by atoms with Gasteiger partial charge in [-0.15, -0.1) is 0 Å². The minimum absolute atomic E-state index is 0.00342. The number of nitrogens with one attached hydrogen (secondary N) is 1. The summed E-state index contributed by atoms with van der Waals surface area (Å²) in [7, 11) is 0. The molecular weight excluding hydrogens is 295 g/mol. The third-order valence-corrected chi connectivity index (χ3v) is 3.88. The number of carbonyl (C=O) groups is 1. The summed E-state index contributed by atoms with van der Waals surface area (Å²) < 4.78 is 13.2. The number of hydrogen-bond acceptors (Lipinski definition) is 3. The number of amides is 1. The molecular formula is C14H14ClFN4O. The van der Waals surface area contributed by atoms with Crippen molar-refractivity contribution in [3.05, 3.63) is 40.8 Å². The zero-order valence-corrected chi connectivity index (χ0v) is 11.9. The second kappa shape index (κ2) is 5.46. The van der Waals surface area contributed by atoms with Crippen LogP contribution in [-0.2, 0) is 0 Å². The summed E-state index contributed by atoms with van der Waals surface area (Å²) in [6.07, 6.45) is 2.26. The van der Waals surface area contributed by atoms with Crippen LogP contribution in [0.5, 0.6) is 0 Å². The van der Waals surface area contributed by atoms with Crippen molar-refractivity contribution in [3.63, 3.8) is 0 Å². The number of rotatable bonds is 2. The van der Waals surface area contributed by atoms with Crippen LogP contribution in [0.3, 0.4) is 0 Å². The third-order valence-electron chi connectivity index (χ3n) is 3.59. The molecule has 0 radical (unpaired) electrons. The smallest absolute Gasteiger partial charge is 0.257 e. The number of halogens is 2. The maximum atomic E-state index is 13.2. The van der Waals surface area contributed by atoms with Crippen LogP contribution in [0.2, 0.25) is 5.02 Å². The highest BCUT2D eigenvalue weighted by molar-refractivity contribution is 6.31. The van der Waals surface area contributed by atoms with Crippen molar-refractivity contribution >= 4 is 17.5 Å². The summed E-state index contributed by atoms with van der Waals surface area (Å²) in [5, 5.41) is 6.70. The average molecular weight is 309 g/mol. The highest BCUT2D eigenvalue weighted by Gasteiger charge is 2.27. The molecule has 0 saturated carbocycles. The number of carbonyl (C=O) groups excluding carboxylic acids is 1. The lowest BCUT2D eigenvalue weighted by Crippen LogP contribution is -2.31. The normalized spacial score (nSPS) is 18.2. The molecule has 7 heteroatoms. The van der Waals surface area contributed by atoms with E-state index >= 15 is 0 Å². The molecule has 1 aromatic heterocycles. The van der Waals surface area contributed by atoms with Gasteiger partial charge in [-0.05, 0) is 24.6 Å². The molecule has 21 heavy (non-hydrogen) atoms. The number of hydrogen-bond donors (Lipinski definition) is 2. The molecule has 1 saturated heterocycles. The number of likely N-dealkylation sites (tertiary alicyclic amines) is 1. The quantitative estimate of drug-likeness (QED) is 0.891. The summed E-state index contributed by atoms with van der Waals surface area (Å²) in [6, 6.07) is 4.31. The lowest BCUT2D eigenvalue weighted by atomic mass is 10.1. The Morgan fingerprint density at radius 3 is 3.00 bits per heavy atom. The fourth-order valence-electron chi connectivity index (χ4n) is 2.46. The summed E-state index contributed by atoms with van der Waals surface area (Å²) >= 11 is 5.79. The first-order chi connectivity index (χ1) is 10.1. The van der Waals surface area contributed by atoms with Gasteiger partial charge in [0, 0.05) is 24.7 Å². The molecule has 1 atom stereocenters. The molecule has 2 aromatic rings. The lowest BCUT2D eigenvalue weighted by molar-refractivity contribution is 0.0791. The molecule has 1 unspecified atom stereocenters. The minimum Gasteiger partial charge on any atom is -0.337 e. The summed E-state index contributed by atoms with van der Waals surface area (Å²) in [4.78, 5) is 14.2. The van der Waals surface area contributed by atoms with Crippen LogP contribution >= 0.6 is 11.6 Å². The average Bonchev–Trinajstić information content (AvgIpc) is 3.10. The van der Waals surface area contributed by atoms with Crippen molar-refractivity contribution in [2.45, 2.75) is 12.5 Å². The second-order valence-electron chi connectivity index (χ2n) is 5.09. The second-order valence-corrected chi connectivity index (χ2v) is 5.49. The zero-order chi connectivity index (χ0) is 15.0. The number of nitrogens with zero attached hydrogens (tertiary/aromatic N) is 2. The molecule has 1 aliphatic rings. The zero-order valence-electron chi connectivity index (χ0n) is 11.1. The minimum atomic E-state index is -0.502. The van der Waals surface area contributed by atoms with Crippen LogP contribution in [0.15, 0.2) is 24.4 Å². The largest absolute Gasteiger partial charge is 0.337 e. The number of H-pyrrole nitrogens is 1. The molecule has 3 N–H and O–H groups in total. The highest BCUT2D eigenvalue weighted by Crippen LogP contribution is 2.27. The van der Waals surface area contributed by atoms with E-state index in [4.69, 9.17) is 17.3 Å². The Labute approximate surface area is 125 Å². The van der Waals surface area contributed by atoms with Gasteiger partial charge in [-0.25, -0.2) is 4.39 Å². The predicted octanol–water partition coefficient (Wildman–Crippen LogP) is 2.04. The Bertz CT molecular complexity index is 687. The van der Waals surface area contributed by atoms with Crippen LogP contribution < -0.4 is 5.73 Å². The van der Waals surface area contributed by atoms with Crippen LogP contribution in [0.25, 0.3) is 11.3 Å². The van der Waals surface area contributed by atoms with Crippen molar-refractivity contribution in [1.29, 1.82) is 0 Å². The van der Waals surface area contributed by atoms with Gasteiger partial charge in [0.05, 0.1) is 22.5 Å². The maximum Gasteiger partial charge on any atom is 0.257 e. The fraction of sp³-hybridized carbons (Fsp3) is 0.286. The third kappa shape index (κ3) is 2.64. The molecule has 1 fully saturated rings. The van der Waals surface area contributed by atoms with Gasteiger partial charge in [0.1, 0.15) is 5.82 Å². The Balaban J connectivity index is 1.93. The van der Waals surface area contributed by atoms with Crippen molar-refractivity contribution in [2.75, 3.05) is 13.1 Å². The molecule has 3 rings (SSSR count). The molecule has 1 aliphatic heterocycles. The van der Waals surface area contributed by atoms with E-state index in [9.17, 15) is 9.18 Å². The van der Waals surface area contributed by atoms with Crippen molar-refractivity contribution < 1.29 is 9.18 Å². The first-order valence-corrected chi connectivity index (χ1v) is 6.97. The van der Waals surface area contributed by atoms with Crippen molar-refractivity contribution in [2.24, 2.45) is 5.73 Å². The van der Waals surface area contributed by atoms with E-state index in [2.05, 4.69) is 10.2 Å². The van der Waals surface area contributed by atoms with Crippen LogP contribution in [0.1, 0.15) is 16.8 Å². The van der Waals surface area contributed by atoms with Gasteiger partial charge < -0.3 is 10.6 Å². The van der Waals surface area contributed by atoms with Crippen LogP contribution in [0, 0.1) is 5.82 Å². The predicted molar refractivity (Wildman–Crippen MR) is 77.5 cm³/mol. The fourth-order valence-corrected chi connectivity index (χ4v) is 2.64. The molecule has 2 heterocycles. The summed E-state index contributed by atoms with van der Waals surface area (Å²) in [5.41, 5.74) is 7.41. The Hall–Kier alpha value is -1.92. The van der Waals surface area contributed by atoms with Gasteiger partial charge in [-0.1, -0.05) is 11.6 Å². The van der Waals surface area contributed by atoms with Crippen molar-refractivity contribution in [3.8, 4) is 11.3 Å². The molecule has 5 nitrogen and oxygen atoms in total.